The zero-order valence-corrected chi connectivity index (χ0v) is 9.30. The Balaban J connectivity index is 2.43. The van der Waals surface area contributed by atoms with E-state index in [0.717, 1.165) is 11.8 Å². The molecule has 1 aromatic heterocycles. The maximum Gasteiger partial charge on any atom is 0.293 e. The monoisotopic (exact) mass is 228 g/mol. The maximum absolute atomic E-state index is 11.0. The molecule has 0 radical (unpaired) electrons. The normalized spacial score (nSPS) is 10.3. The lowest BCUT2D eigenvalue weighted by molar-refractivity contribution is -0.383. The zero-order valence-electron chi connectivity index (χ0n) is 9.30. The third-order valence-electron chi connectivity index (χ3n) is 2.68. The number of para-hydroxylation sites is 1. The van der Waals surface area contributed by atoms with E-state index in [1.54, 1.807) is 6.07 Å². The summed E-state index contributed by atoms with van der Waals surface area (Å²) in [6.45, 7) is 0.707. The van der Waals surface area contributed by atoms with Gasteiger partial charge in [-0.1, -0.05) is 12.1 Å². The Morgan fingerprint density at radius 2 is 2.24 bits per heavy atom. The van der Waals surface area contributed by atoms with Crippen molar-refractivity contribution in [2.75, 3.05) is 0 Å². The summed E-state index contributed by atoms with van der Waals surface area (Å²) in [6.07, 6.45) is 8.57. The average Bonchev–Trinajstić information content (AvgIpc) is 2.73. The first-order valence-corrected chi connectivity index (χ1v) is 5.40. The maximum atomic E-state index is 11.0. The Hall–Kier alpha value is -2.28. The van der Waals surface area contributed by atoms with Gasteiger partial charge in [-0.3, -0.25) is 10.1 Å². The fraction of sp³-hybridized carbons (Fsp3) is 0.231. The van der Waals surface area contributed by atoms with Crippen molar-refractivity contribution >= 4 is 16.6 Å². The van der Waals surface area contributed by atoms with Crippen LogP contribution in [0, 0.1) is 22.5 Å². The number of nitrogens with zero attached hydrogens (tertiary/aromatic N) is 2. The first kappa shape index (κ1) is 11.2. The first-order chi connectivity index (χ1) is 8.24. The number of hydrogen-bond donors (Lipinski definition) is 0. The molecule has 4 heteroatoms. The van der Waals surface area contributed by atoms with Crippen LogP contribution in [0.15, 0.2) is 30.5 Å². The van der Waals surface area contributed by atoms with Crippen LogP contribution >= 0.6 is 0 Å². The molecular weight excluding hydrogens is 216 g/mol. The minimum Gasteiger partial charge on any atom is -0.342 e. The molecule has 0 atom stereocenters. The van der Waals surface area contributed by atoms with E-state index in [1.165, 1.54) is 6.07 Å². The van der Waals surface area contributed by atoms with Gasteiger partial charge in [-0.25, -0.2) is 0 Å². The molecule has 0 bridgehead atoms. The topological polar surface area (TPSA) is 48.1 Å². The van der Waals surface area contributed by atoms with Crippen molar-refractivity contribution in [2.45, 2.75) is 19.4 Å². The molecule has 0 aliphatic carbocycles. The summed E-state index contributed by atoms with van der Waals surface area (Å²) >= 11 is 0. The molecule has 0 saturated heterocycles. The van der Waals surface area contributed by atoms with Gasteiger partial charge in [0.25, 0.3) is 5.69 Å². The summed E-state index contributed by atoms with van der Waals surface area (Å²) in [5.41, 5.74) is 0.822. The summed E-state index contributed by atoms with van der Waals surface area (Å²) in [5, 5.41) is 11.8. The van der Waals surface area contributed by atoms with Crippen molar-refractivity contribution in [1.29, 1.82) is 0 Å². The third kappa shape index (κ3) is 2.13. The second-order valence-corrected chi connectivity index (χ2v) is 3.79. The van der Waals surface area contributed by atoms with Gasteiger partial charge in [0.2, 0.25) is 0 Å². The number of terminal acetylenes is 1. The van der Waals surface area contributed by atoms with Gasteiger partial charge in [-0.2, -0.15) is 0 Å². The highest BCUT2D eigenvalue weighted by Crippen LogP contribution is 2.26. The van der Waals surface area contributed by atoms with Gasteiger partial charge >= 0.3 is 0 Å². The number of benzene rings is 1. The summed E-state index contributed by atoms with van der Waals surface area (Å²) in [5.74, 6) is 2.57. The summed E-state index contributed by atoms with van der Waals surface area (Å²) < 4.78 is 1.89. The second kappa shape index (κ2) is 4.71. The van der Waals surface area contributed by atoms with Crippen LogP contribution in [0.25, 0.3) is 10.9 Å². The number of aromatic nitrogens is 1. The van der Waals surface area contributed by atoms with Crippen LogP contribution in [0.1, 0.15) is 12.8 Å². The number of rotatable bonds is 4. The van der Waals surface area contributed by atoms with E-state index in [2.05, 4.69) is 5.92 Å². The lowest BCUT2D eigenvalue weighted by Gasteiger charge is -2.04. The number of aryl methyl sites for hydroxylation is 1. The second-order valence-electron chi connectivity index (χ2n) is 3.79. The minimum atomic E-state index is -0.347. The predicted molar refractivity (Wildman–Crippen MR) is 66.7 cm³/mol. The quantitative estimate of drug-likeness (QED) is 0.349. The van der Waals surface area contributed by atoms with Gasteiger partial charge < -0.3 is 4.57 Å². The number of unbranched alkanes of at least 4 members (excludes halogenated alkanes) is 1. The molecule has 2 rings (SSSR count). The highest BCUT2D eigenvalue weighted by atomic mass is 16.6. The molecule has 0 N–H and O–H groups in total. The highest BCUT2D eigenvalue weighted by molar-refractivity contribution is 5.88. The van der Waals surface area contributed by atoms with Gasteiger partial charge in [0.1, 0.15) is 5.52 Å². The number of fused-ring (bicyclic) bond motifs is 1. The standard InChI is InChI=1S/C13H12N2O2/c1-2-3-4-9-14-10-8-11-6-5-7-12(13(11)14)15(16)17/h1,5-8,10H,3-4,9H2. The van der Waals surface area contributed by atoms with Crippen LogP contribution in [0.2, 0.25) is 0 Å². The van der Waals surface area contributed by atoms with Crippen molar-refractivity contribution in [3.63, 3.8) is 0 Å². The van der Waals surface area contributed by atoms with E-state index in [9.17, 15) is 10.1 Å². The number of hydrogen-bond acceptors (Lipinski definition) is 2. The Morgan fingerprint density at radius 1 is 1.41 bits per heavy atom. The molecule has 0 fully saturated rings. The van der Waals surface area contributed by atoms with Crippen LogP contribution in [0.5, 0.6) is 0 Å². The van der Waals surface area contributed by atoms with E-state index < -0.39 is 0 Å². The van der Waals surface area contributed by atoms with Crippen molar-refractivity contribution in [3.8, 4) is 12.3 Å². The Labute approximate surface area is 99.0 Å². The van der Waals surface area contributed by atoms with Crippen molar-refractivity contribution in [2.24, 2.45) is 0 Å². The van der Waals surface area contributed by atoms with E-state index in [0.29, 0.717) is 18.5 Å². The van der Waals surface area contributed by atoms with Gasteiger partial charge in [-0.05, 0) is 12.5 Å². The third-order valence-corrected chi connectivity index (χ3v) is 2.68. The average molecular weight is 228 g/mol. The SMILES string of the molecule is C#CCCCn1ccc2cccc([N+](=O)[O-])c21. The molecule has 86 valence electrons. The van der Waals surface area contributed by atoms with Crippen LogP contribution in [0.3, 0.4) is 0 Å². The van der Waals surface area contributed by atoms with Crippen molar-refractivity contribution in [3.05, 3.63) is 40.6 Å². The number of non-ortho nitro benzene ring substituents is 1. The van der Waals surface area contributed by atoms with E-state index in [1.807, 2.05) is 22.9 Å². The molecule has 17 heavy (non-hydrogen) atoms. The highest BCUT2D eigenvalue weighted by Gasteiger charge is 2.14. The van der Waals surface area contributed by atoms with Gasteiger partial charge in [0.05, 0.1) is 4.92 Å². The molecular formula is C13H12N2O2. The van der Waals surface area contributed by atoms with E-state index in [-0.39, 0.29) is 10.6 Å². The largest absolute Gasteiger partial charge is 0.342 e. The lowest BCUT2D eigenvalue weighted by Crippen LogP contribution is -1.98. The fourth-order valence-corrected chi connectivity index (χ4v) is 1.93. The molecule has 0 saturated carbocycles. The molecule has 2 aromatic rings. The number of nitro groups is 1. The van der Waals surface area contributed by atoms with Crippen LogP contribution in [0.4, 0.5) is 5.69 Å². The molecule has 0 aliphatic rings. The molecule has 0 amide bonds. The fourth-order valence-electron chi connectivity index (χ4n) is 1.93. The van der Waals surface area contributed by atoms with E-state index in [4.69, 9.17) is 6.42 Å². The van der Waals surface area contributed by atoms with Crippen LogP contribution in [-0.4, -0.2) is 9.49 Å². The Morgan fingerprint density at radius 3 is 2.94 bits per heavy atom. The van der Waals surface area contributed by atoms with Crippen molar-refractivity contribution < 1.29 is 4.92 Å². The Bertz CT molecular complexity index is 593. The summed E-state index contributed by atoms with van der Waals surface area (Å²) in [4.78, 5) is 10.6. The molecule has 0 aliphatic heterocycles. The van der Waals surface area contributed by atoms with Gasteiger partial charge in [0.15, 0.2) is 0 Å². The van der Waals surface area contributed by atoms with Gasteiger partial charge in [-0.15, -0.1) is 12.3 Å². The van der Waals surface area contributed by atoms with Crippen LogP contribution < -0.4 is 0 Å². The number of nitro benzene ring substituents is 1. The first-order valence-electron chi connectivity index (χ1n) is 5.40. The summed E-state index contributed by atoms with van der Waals surface area (Å²) in [7, 11) is 0. The summed E-state index contributed by atoms with van der Waals surface area (Å²) in [6, 6.07) is 6.99. The predicted octanol–water partition coefficient (Wildman–Crippen LogP) is 2.96. The van der Waals surface area contributed by atoms with Crippen LogP contribution in [-0.2, 0) is 6.54 Å². The zero-order chi connectivity index (χ0) is 12.3. The Kier molecular flexibility index (Phi) is 3.10. The molecule has 1 aromatic carbocycles. The molecule has 0 spiro atoms. The smallest absolute Gasteiger partial charge is 0.293 e. The molecule has 1 heterocycles. The minimum absolute atomic E-state index is 0.146. The molecule has 0 unspecified atom stereocenters. The van der Waals surface area contributed by atoms with E-state index >= 15 is 0 Å². The van der Waals surface area contributed by atoms with Crippen molar-refractivity contribution in [1.82, 2.24) is 4.57 Å². The molecule has 4 nitrogen and oxygen atoms in total. The lowest BCUT2D eigenvalue weighted by atomic mass is 10.2. The van der Waals surface area contributed by atoms with Gasteiger partial charge in [0, 0.05) is 30.6 Å².